The van der Waals surface area contributed by atoms with Gasteiger partial charge in [-0.1, -0.05) is 29.8 Å². The molecule has 0 atom stereocenters. The van der Waals surface area contributed by atoms with E-state index >= 15 is 0 Å². The second kappa shape index (κ2) is 9.39. The van der Waals surface area contributed by atoms with Gasteiger partial charge in [-0.15, -0.1) is 0 Å². The zero-order chi connectivity index (χ0) is 17.2. The van der Waals surface area contributed by atoms with Gasteiger partial charge in [-0.2, -0.15) is 0 Å². The highest BCUT2D eigenvalue weighted by atomic mass is 16.3. The van der Waals surface area contributed by atoms with E-state index in [0.717, 1.165) is 12.5 Å². The van der Waals surface area contributed by atoms with E-state index in [1.165, 1.54) is 17.4 Å². The number of hydrogen-bond acceptors (Lipinski definition) is 3. The normalized spacial score (nSPS) is 11.2. The van der Waals surface area contributed by atoms with Crippen LogP contribution in [0.5, 0.6) is 0 Å². The second-order valence-corrected chi connectivity index (χ2v) is 5.34. The monoisotopic (exact) mass is 328 g/mol. The molecule has 0 aliphatic heterocycles. The summed E-state index contributed by atoms with van der Waals surface area (Å²) in [5.74, 6) is 0.824. The third-order valence-electron chi connectivity index (χ3n) is 3.29. The van der Waals surface area contributed by atoms with Crippen LogP contribution in [-0.2, 0) is 6.54 Å². The van der Waals surface area contributed by atoms with Gasteiger partial charge in [-0.3, -0.25) is 4.79 Å². The molecule has 6 nitrogen and oxygen atoms in total. The highest BCUT2D eigenvalue weighted by Gasteiger charge is 2.06. The van der Waals surface area contributed by atoms with E-state index < -0.39 is 0 Å². The summed E-state index contributed by atoms with van der Waals surface area (Å²) < 4.78 is 5.04. The Balaban J connectivity index is 1.78. The fourth-order valence-electron chi connectivity index (χ4n) is 2.17. The lowest BCUT2D eigenvalue weighted by molar-refractivity contribution is 0.0926. The molecule has 3 N–H and O–H groups in total. The molecule has 0 aliphatic rings. The van der Waals surface area contributed by atoms with Crippen LogP contribution in [0.2, 0.25) is 0 Å². The SMILES string of the molecule is CCNC(=NCc1cccc(C)c1)NCCNC(=O)c1ccco1. The van der Waals surface area contributed by atoms with Crippen molar-refractivity contribution in [2.24, 2.45) is 4.99 Å². The zero-order valence-electron chi connectivity index (χ0n) is 14.1. The van der Waals surface area contributed by atoms with Crippen LogP contribution in [0.25, 0.3) is 0 Å². The van der Waals surface area contributed by atoms with E-state index in [1.807, 2.05) is 13.0 Å². The molecule has 6 heteroatoms. The van der Waals surface area contributed by atoms with Crippen molar-refractivity contribution >= 4 is 11.9 Å². The van der Waals surface area contributed by atoms with Crippen LogP contribution < -0.4 is 16.0 Å². The molecule has 0 aliphatic carbocycles. The van der Waals surface area contributed by atoms with E-state index in [1.54, 1.807) is 12.1 Å². The Morgan fingerprint density at radius 2 is 1.96 bits per heavy atom. The number of furan rings is 1. The van der Waals surface area contributed by atoms with Crippen LogP contribution in [-0.4, -0.2) is 31.5 Å². The van der Waals surface area contributed by atoms with Gasteiger partial charge in [0.05, 0.1) is 12.8 Å². The first kappa shape index (κ1) is 17.6. The number of nitrogens with one attached hydrogen (secondary N) is 3. The van der Waals surface area contributed by atoms with Gasteiger partial charge >= 0.3 is 0 Å². The molecule has 1 aromatic carbocycles. The largest absolute Gasteiger partial charge is 0.459 e. The molecule has 2 rings (SSSR count). The van der Waals surface area contributed by atoms with E-state index in [-0.39, 0.29) is 5.91 Å². The van der Waals surface area contributed by atoms with Crippen LogP contribution in [0.1, 0.15) is 28.6 Å². The van der Waals surface area contributed by atoms with Crippen molar-refractivity contribution in [2.45, 2.75) is 20.4 Å². The number of benzene rings is 1. The summed E-state index contributed by atoms with van der Waals surface area (Å²) in [4.78, 5) is 16.3. The molecule has 0 bridgehead atoms. The molecule has 0 unspecified atom stereocenters. The van der Waals surface area contributed by atoms with Crippen LogP contribution in [0.4, 0.5) is 0 Å². The number of carbonyl (C=O) groups is 1. The molecular weight excluding hydrogens is 304 g/mol. The Morgan fingerprint density at radius 1 is 1.12 bits per heavy atom. The summed E-state index contributed by atoms with van der Waals surface area (Å²) in [6, 6.07) is 11.6. The molecule has 1 aromatic heterocycles. The van der Waals surface area contributed by atoms with E-state index in [4.69, 9.17) is 4.42 Å². The number of carbonyl (C=O) groups excluding carboxylic acids is 1. The number of rotatable bonds is 7. The van der Waals surface area contributed by atoms with Crippen molar-refractivity contribution < 1.29 is 9.21 Å². The van der Waals surface area contributed by atoms with Crippen LogP contribution in [0.15, 0.2) is 52.1 Å². The highest BCUT2D eigenvalue weighted by molar-refractivity contribution is 5.91. The fourth-order valence-corrected chi connectivity index (χ4v) is 2.17. The van der Waals surface area contributed by atoms with Gasteiger partial charge in [0.1, 0.15) is 0 Å². The maximum absolute atomic E-state index is 11.7. The number of nitrogens with zero attached hydrogens (tertiary/aromatic N) is 1. The molecule has 0 spiro atoms. The molecule has 2 aromatic rings. The lowest BCUT2D eigenvalue weighted by atomic mass is 10.1. The Labute approximate surface area is 142 Å². The van der Waals surface area contributed by atoms with E-state index in [0.29, 0.717) is 25.4 Å². The van der Waals surface area contributed by atoms with Gasteiger partial charge < -0.3 is 20.4 Å². The first-order chi connectivity index (χ1) is 11.7. The molecule has 128 valence electrons. The molecule has 0 radical (unpaired) electrons. The predicted molar refractivity (Wildman–Crippen MR) is 95.0 cm³/mol. The molecule has 0 fully saturated rings. The van der Waals surface area contributed by atoms with Crippen LogP contribution in [0, 0.1) is 6.92 Å². The predicted octanol–water partition coefficient (Wildman–Crippen LogP) is 2.07. The van der Waals surface area contributed by atoms with Gasteiger partial charge in [0.2, 0.25) is 0 Å². The maximum atomic E-state index is 11.7. The number of aliphatic imine (C=N–C) groups is 1. The molecule has 1 amide bonds. The van der Waals surface area contributed by atoms with Crippen molar-refractivity contribution in [3.8, 4) is 0 Å². The minimum absolute atomic E-state index is 0.219. The number of guanidine groups is 1. The van der Waals surface area contributed by atoms with Crippen molar-refractivity contribution in [3.05, 3.63) is 59.5 Å². The third-order valence-corrected chi connectivity index (χ3v) is 3.29. The number of hydrogen-bond donors (Lipinski definition) is 3. The Hall–Kier alpha value is -2.76. The molecule has 1 heterocycles. The average Bonchev–Trinajstić information content (AvgIpc) is 3.11. The molecule has 24 heavy (non-hydrogen) atoms. The van der Waals surface area contributed by atoms with E-state index in [9.17, 15) is 4.79 Å². The fraction of sp³-hybridized carbons (Fsp3) is 0.333. The molecule has 0 saturated carbocycles. The number of amides is 1. The lowest BCUT2D eigenvalue weighted by Gasteiger charge is -2.11. The van der Waals surface area contributed by atoms with Gasteiger partial charge in [0.25, 0.3) is 5.91 Å². The quantitative estimate of drug-likeness (QED) is 0.413. The van der Waals surface area contributed by atoms with Crippen molar-refractivity contribution in [1.82, 2.24) is 16.0 Å². The minimum atomic E-state index is -0.219. The summed E-state index contributed by atoms with van der Waals surface area (Å²) >= 11 is 0. The summed E-state index contributed by atoms with van der Waals surface area (Å²) in [6.45, 7) is 6.52. The highest BCUT2D eigenvalue weighted by Crippen LogP contribution is 2.04. The van der Waals surface area contributed by atoms with E-state index in [2.05, 4.69) is 46.1 Å². The van der Waals surface area contributed by atoms with Crippen LogP contribution >= 0.6 is 0 Å². The summed E-state index contributed by atoms with van der Waals surface area (Å²) in [5.41, 5.74) is 2.39. The van der Waals surface area contributed by atoms with Gasteiger partial charge in [0.15, 0.2) is 11.7 Å². The van der Waals surface area contributed by atoms with Crippen LogP contribution in [0.3, 0.4) is 0 Å². The smallest absolute Gasteiger partial charge is 0.287 e. The summed E-state index contributed by atoms with van der Waals surface area (Å²) in [6.07, 6.45) is 1.48. The average molecular weight is 328 g/mol. The maximum Gasteiger partial charge on any atom is 0.287 e. The molecular formula is C18H24N4O2. The van der Waals surface area contributed by atoms with Gasteiger partial charge in [0, 0.05) is 19.6 Å². The lowest BCUT2D eigenvalue weighted by Crippen LogP contribution is -2.41. The topological polar surface area (TPSA) is 78.7 Å². The zero-order valence-corrected chi connectivity index (χ0v) is 14.1. The van der Waals surface area contributed by atoms with Gasteiger partial charge in [-0.25, -0.2) is 4.99 Å². The van der Waals surface area contributed by atoms with Crippen molar-refractivity contribution in [1.29, 1.82) is 0 Å². The molecule has 0 saturated heterocycles. The Bertz CT molecular complexity index is 665. The van der Waals surface area contributed by atoms with Gasteiger partial charge in [-0.05, 0) is 31.5 Å². The first-order valence-electron chi connectivity index (χ1n) is 8.08. The summed E-state index contributed by atoms with van der Waals surface area (Å²) in [7, 11) is 0. The Kier molecular flexibility index (Phi) is 6.89. The first-order valence-corrected chi connectivity index (χ1v) is 8.08. The summed E-state index contributed by atoms with van der Waals surface area (Å²) in [5, 5.41) is 9.18. The minimum Gasteiger partial charge on any atom is -0.459 e. The number of aryl methyl sites for hydroxylation is 1. The standard InChI is InChI=1S/C18H24N4O2/c1-3-19-18(22-13-15-7-4-6-14(2)12-15)21-10-9-20-17(23)16-8-5-11-24-16/h4-8,11-12H,3,9-10,13H2,1-2H3,(H,20,23)(H2,19,21,22). The second-order valence-electron chi connectivity index (χ2n) is 5.34. The Morgan fingerprint density at radius 3 is 2.67 bits per heavy atom. The third kappa shape index (κ3) is 5.79. The van der Waals surface area contributed by atoms with Crippen molar-refractivity contribution in [2.75, 3.05) is 19.6 Å². The van der Waals surface area contributed by atoms with Crippen molar-refractivity contribution in [3.63, 3.8) is 0 Å².